The number of fused-ring (bicyclic) bond motifs is 1. The molecular weight excluding hydrogens is 400 g/mol. The summed E-state index contributed by atoms with van der Waals surface area (Å²) >= 11 is 1.68. The maximum atomic E-state index is 5.51. The minimum absolute atomic E-state index is 0.699. The third-order valence-electron chi connectivity index (χ3n) is 5.32. The van der Waals surface area contributed by atoms with E-state index in [0.717, 1.165) is 72.1 Å². The Labute approximate surface area is 179 Å². The van der Waals surface area contributed by atoms with E-state index in [9.17, 15) is 0 Å². The van der Waals surface area contributed by atoms with Crippen LogP contribution in [-0.2, 0) is 4.74 Å². The Kier molecular flexibility index (Phi) is 5.36. The third-order valence-corrected chi connectivity index (χ3v) is 6.51. The molecule has 4 heterocycles. The molecule has 30 heavy (non-hydrogen) atoms. The van der Waals surface area contributed by atoms with Gasteiger partial charge in [-0.1, -0.05) is 11.3 Å². The van der Waals surface area contributed by atoms with Gasteiger partial charge < -0.3 is 24.8 Å². The van der Waals surface area contributed by atoms with E-state index >= 15 is 0 Å². The fourth-order valence-electron chi connectivity index (χ4n) is 3.64. The van der Waals surface area contributed by atoms with Crippen molar-refractivity contribution in [2.24, 2.45) is 0 Å². The van der Waals surface area contributed by atoms with E-state index in [4.69, 9.17) is 19.7 Å². The van der Waals surface area contributed by atoms with Crippen LogP contribution in [0, 0.1) is 0 Å². The molecule has 2 aliphatic heterocycles. The standard InChI is InChI=1S/C20H26N8OS/c1-26(2)20-22-15-4-3-14(13-16(15)30-20)17-23-18(27-7-5-21-6-8-27)25-19(24-17)28-9-11-29-12-10-28/h3-4,13,21H,5-12H2,1-2H3. The lowest BCUT2D eigenvalue weighted by Crippen LogP contribution is -2.44. The molecule has 2 saturated heterocycles. The number of morpholine rings is 1. The molecule has 0 spiro atoms. The lowest BCUT2D eigenvalue weighted by Gasteiger charge is -2.30. The van der Waals surface area contributed by atoms with Crippen LogP contribution in [0.4, 0.5) is 17.0 Å². The molecule has 10 heteroatoms. The van der Waals surface area contributed by atoms with Crippen molar-refractivity contribution < 1.29 is 4.74 Å². The molecule has 0 atom stereocenters. The molecule has 0 amide bonds. The quantitative estimate of drug-likeness (QED) is 0.667. The molecule has 158 valence electrons. The maximum absolute atomic E-state index is 5.51. The monoisotopic (exact) mass is 426 g/mol. The Bertz CT molecular complexity index is 991. The number of piperazine rings is 1. The molecular formula is C20H26N8OS. The topological polar surface area (TPSA) is 82.5 Å². The number of hydrogen-bond acceptors (Lipinski definition) is 10. The molecule has 0 radical (unpaired) electrons. The Hall–Kier alpha value is -2.56. The second-order valence-corrected chi connectivity index (χ2v) is 8.68. The zero-order valence-electron chi connectivity index (χ0n) is 17.3. The van der Waals surface area contributed by atoms with E-state index in [-0.39, 0.29) is 0 Å². The van der Waals surface area contributed by atoms with Crippen LogP contribution in [0.15, 0.2) is 18.2 Å². The number of nitrogens with zero attached hydrogens (tertiary/aromatic N) is 7. The average Bonchev–Trinajstić information content (AvgIpc) is 3.24. The SMILES string of the molecule is CN(C)c1nc2ccc(-c3nc(N4CCNCC4)nc(N4CCOCC4)n3)cc2s1. The van der Waals surface area contributed by atoms with Gasteiger partial charge in [0, 0.05) is 58.9 Å². The van der Waals surface area contributed by atoms with Gasteiger partial charge in [-0.25, -0.2) is 4.98 Å². The largest absolute Gasteiger partial charge is 0.378 e. The highest BCUT2D eigenvalue weighted by molar-refractivity contribution is 7.22. The average molecular weight is 427 g/mol. The van der Waals surface area contributed by atoms with Gasteiger partial charge >= 0.3 is 0 Å². The molecule has 0 saturated carbocycles. The summed E-state index contributed by atoms with van der Waals surface area (Å²) < 4.78 is 6.64. The summed E-state index contributed by atoms with van der Waals surface area (Å²) in [6, 6.07) is 6.25. The van der Waals surface area contributed by atoms with Gasteiger partial charge in [-0.15, -0.1) is 0 Å². The highest BCUT2D eigenvalue weighted by atomic mass is 32.1. The second kappa shape index (κ2) is 8.29. The zero-order chi connectivity index (χ0) is 20.5. The van der Waals surface area contributed by atoms with Crippen molar-refractivity contribution in [1.82, 2.24) is 25.3 Å². The first kappa shape index (κ1) is 19.4. The van der Waals surface area contributed by atoms with Crippen LogP contribution >= 0.6 is 11.3 Å². The van der Waals surface area contributed by atoms with Gasteiger partial charge in [0.2, 0.25) is 11.9 Å². The van der Waals surface area contributed by atoms with Crippen LogP contribution in [0.25, 0.3) is 21.6 Å². The Balaban J connectivity index is 1.56. The van der Waals surface area contributed by atoms with Crippen molar-refractivity contribution in [3.63, 3.8) is 0 Å². The van der Waals surface area contributed by atoms with Gasteiger partial charge in [-0.2, -0.15) is 15.0 Å². The van der Waals surface area contributed by atoms with Gasteiger partial charge in [-0.05, 0) is 18.2 Å². The van der Waals surface area contributed by atoms with Gasteiger partial charge in [0.05, 0.1) is 23.4 Å². The molecule has 2 aliphatic rings. The van der Waals surface area contributed by atoms with Crippen LogP contribution in [0.5, 0.6) is 0 Å². The van der Waals surface area contributed by atoms with Gasteiger partial charge in [0.1, 0.15) is 0 Å². The Morgan fingerprint density at radius 1 is 0.933 bits per heavy atom. The van der Waals surface area contributed by atoms with Crippen molar-refractivity contribution in [3.8, 4) is 11.4 Å². The normalized spacial score (nSPS) is 17.5. The zero-order valence-corrected chi connectivity index (χ0v) is 18.2. The molecule has 5 rings (SSSR count). The minimum Gasteiger partial charge on any atom is -0.378 e. The lowest BCUT2D eigenvalue weighted by molar-refractivity contribution is 0.122. The maximum Gasteiger partial charge on any atom is 0.230 e. The fourth-order valence-corrected chi connectivity index (χ4v) is 4.56. The molecule has 9 nitrogen and oxygen atoms in total. The molecule has 0 aliphatic carbocycles. The number of benzene rings is 1. The third kappa shape index (κ3) is 3.90. The van der Waals surface area contributed by atoms with Crippen molar-refractivity contribution in [2.75, 3.05) is 81.3 Å². The Morgan fingerprint density at radius 3 is 2.33 bits per heavy atom. The number of rotatable bonds is 4. The molecule has 2 fully saturated rings. The lowest BCUT2D eigenvalue weighted by atomic mass is 10.2. The summed E-state index contributed by atoms with van der Waals surface area (Å²) in [4.78, 5) is 25.7. The van der Waals surface area contributed by atoms with Crippen molar-refractivity contribution in [1.29, 1.82) is 0 Å². The van der Waals surface area contributed by atoms with Gasteiger partial charge in [0.25, 0.3) is 0 Å². The van der Waals surface area contributed by atoms with Crippen LogP contribution in [0.1, 0.15) is 0 Å². The summed E-state index contributed by atoms with van der Waals surface area (Å²) in [6.45, 7) is 6.66. The van der Waals surface area contributed by atoms with Gasteiger partial charge in [-0.3, -0.25) is 0 Å². The number of ether oxygens (including phenoxy) is 1. The summed E-state index contributed by atoms with van der Waals surface area (Å²) in [5.41, 5.74) is 1.99. The van der Waals surface area contributed by atoms with Crippen molar-refractivity contribution in [3.05, 3.63) is 18.2 Å². The van der Waals surface area contributed by atoms with Gasteiger partial charge in [0.15, 0.2) is 11.0 Å². The minimum atomic E-state index is 0.699. The number of nitrogens with one attached hydrogen (secondary N) is 1. The first-order valence-corrected chi connectivity index (χ1v) is 11.1. The van der Waals surface area contributed by atoms with E-state index in [0.29, 0.717) is 19.0 Å². The predicted octanol–water partition coefficient (Wildman–Crippen LogP) is 1.46. The predicted molar refractivity (Wildman–Crippen MR) is 121 cm³/mol. The molecule has 3 aromatic rings. The van der Waals surface area contributed by atoms with E-state index in [1.165, 1.54) is 0 Å². The first-order chi connectivity index (χ1) is 14.7. The molecule has 0 bridgehead atoms. The first-order valence-electron chi connectivity index (χ1n) is 10.3. The van der Waals surface area contributed by atoms with E-state index in [2.05, 4.69) is 38.3 Å². The molecule has 0 unspecified atom stereocenters. The molecule has 1 N–H and O–H groups in total. The number of aromatic nitrogens is 4. The second-order valence-electron chi connectivity index (χ2n) is 7.67. The summed E-state index contributed by atoms with van der Waals surface area (Å²) in [5, 5.41) is 4.38. The summed E-state index contributed by atoms with van der Waals surface area (Å²) in [6.07, 6.45) is 0. The van der Waals surface area contributed by atoms with Crippen LogP contribution in [-0.4, -0.2) is 86.5 Å². The van der Waals surface area contributed by atoms with E-state index in [1.54, 1.807) is 11.3 Å². The molecule has 2 aromatic heterocycles. The van der Waals surface area contributed by atoms with Crippen LogP contribution in [0.2, 0.25) is 0 Å². The highest BCUT2D eigenvalue weighted by Crippen LogP contribution is 2.31. The smallest absolute Gasteiger partial charge is 0.230 e. The summed E-state index contributed by atoms with van der Waals surface area (Å²) in [7, 11) is 4.03. The number of anilines is 3. The van der Waals surface area contributed by atoms with E-state index < -0.39 is 0 Å². The van der Waals surface area contributed by atoms with Crippen LogP contribution < -0.4 is 20.0 Å². The van der Waals surface area contributed by atoms with Crippen molar-refractivity contribution in [2.45, 2.75) is 0 Å². The molecule has 1 aromatic carbocycles. The number of thiazole rings is 1. The fraction of sp³-hybridized carbons (Fsp3) is 0.500. The summed E-state index contributed by atoms with van der Waals surface area (Å²) in [5.74, 6) is 2.19. The Morgan fingerprint density at radius 2 is 1.63 bits per heavy atom. The van der Waals surface area contributed by atoms with Crippen molar-refractivity contribution >= 4 is 38.6 Å². The number of hydrogen-bond donors (Lipinski definition) is 1. The highest BCUT2D eigenvalue weighted by Gasteiger charge is 2.21. The van der Waals surface area contributed by atoms with Crippen LogP contribution in [0.3, 0.4) is 0 Å². The van der Waals surface area contributed by atoms with E-state index in [1.807, 2.05) is 19.0 Å².